The Balaban J connectivity index is 2.00. The molecular weight excluding hydrogens is 292 g/mol. The summed E-state index contributed by atoms with van der Waals surface area (Å²) in [5.74, 6) is -1.22. The summed E-state index contributed by atoms with van der Waals surface area (Å²) in [7, 11) is 0. The van der Waals surface area contributed by atoms with Gasteiger partial charge in [-0.1, -0.05) is 32.0 Å². The number of para-hydroxylation sites is 1. The van der Waals surface area contributed by atoms with Crippen LogP contribution >= 0.6 is 0 Å². The van der Waals surface area contributed by atoms with Gasteiger partial charge in [0.2, 0.25) is 0 Å². The number of carbonyl (C=O) groups is 2. The van der Waals surface area contributed by atoms with E-state index < -0.39 is 11.8 Å². The Hall–Kier alpha value is -1.88. The van der Waals surface area contributed by atoms with Crippen molar-refractivity contribution in [3.05, 3.63) is 29.3 Å². The van der Waals surface area contributed by atoms with Crippen molar-refractivity contribution in [3.8, 4) is 0 Å². The minimum absolute atomic E-state index is 0.0243. The summed E-state index contributed by atoms with van der Waals surface area (Å²) in [5, 5.41) is 15.0. The predicted octanol–water partition coefficient (Wildman–Crippen LogP) is 2.17. The fourth-order valence-corrected chi connectivity index (χ4v) is 3.04. The van der Waals surface area contributed by atoms with Crippen molar-refractivity contribution in [1.29, 1.82) is 0 Å². The van der Waals surface area contributed by atoms with Gasteiger partial charge in [-0.3, -0.25) is 9.59 Å². The standard InChI is InChI=1S/C18H26N2O3/c1-3-12-6-5-7-13(4-2)16(12)20-18(23)17(22)19-14-8-10-15(21)11-9-14/h5-7,14-15,21H,3-4,8-11H2,1-2H3,(H,19,22)(H,20,23). The van der Waals surface area contributed by atoms with Crippen molar-refractivity contribution in [3.63, 3.8) is 0 Å². The molecule has 1 saturated carbocycles. The lowest BCUT2D eigenvalue weighted by Gasteiger charge is -2.26. The third-order valence-electron chi connectivity index (χ3n) is 4.48. The van der Waals surface area contributed by atoms with E-state index in [1.165, 1.54) is 0 Å². The molecule has 0 bridgehead atoms. The Morgan fingerprint density at radius 2 is 1.61 bits per heavy atom. The number of benzene rings is 1. The number of carbonyl (C=O) groups excluding carboxylic acids is 2. The Morgan fingerprint density at radius 3 is 2.13 bits per heavy atom. The first-order chi connectivity index (χ1) is 11.0. The molecule has 0 radical (unpaired) electrons. The monoisotopic (exact) mass is 318 g/mol. The quantitative estimate of drug-likeness (QED) is 0.745. The van der Waals surface area contributed by atoms with Crippen LogP contribution in [-0.4, -0.2) is 29.1 Å². The highest BCUT2D eigenvalue weighted by molar-refractivity contribution is 6.39. The molecule has 0 aliphatic heterocycles. The lowest BCUT2D eigenvalue weighted by Crippen LogP contribution is -2.44. The first-order valence-electron chi connectivity index (χ1n) is 8.45. The van der Waals surface area contributed by atoms with Crippen LogP contribution in [0.3, 0.4) is 0 Å². The van der Waals surface area contributed by atoms with E-state index in [0.29, 0.717) is 25.7 Å². The fourth-order valence-electron chi connectivity index (χ4n) is 3.04. The number of rotatable bonds is 4. The molecule has 5 nitrogen and oxygen atoms in total. The minimum Gasteiger partial charge on any atom is -0.393 e. The first kappa shape index (κ1) is 17.5. The SMILES string of the molecule is CCc1cccc(CC)c1NC(=O)C(=O)NC1CCC(O)CC1. The largest absolute Gasteiger partial charge is 0.393 e. The van der Waals surface area contributed by atoms with E-state index in [9.17, 15) is 14.7 Å². The van der Waals surface area contributed by atoms with Crippen molar-refractivity contribution in [2.75, 3.05) is 5.32 Å². The molecule has 23 heavy (non-hydrogen) atoms. The van der Waals surface area contributed by atoms with Gasteiger partial charge in [0.25, 0.3) is 0 Å². The first-order valence-corrected chi connectivity index (χ1v) is 8.45. The zero-order valence-corrected chi connectivity index (χ0v) is 13.9. The summed E-state index contributed by atoms with van der Waals surface area (Å²) in [5.41, 5.74) is 2.83. The summed E-state index contributed by atoms with van der Waals surface area (Å²) in [6, 6.07) is 5.88. The molecule has 0 saturated heterocycles. The number of aliphatic hydroxyl groups is 1. The van der Waals surface area contributed by atoms with Crippen molar-refractivity contribution in [2.24, 2.45) is 0 Å². The van der Waals surface area contributed by atoms with Crippen LogP contribution in [0.5, 0.6) is 0 Å². The van der Waals surface area contributed by atoms with Crippen molar-refractivity contribution in [1.82, 2.24) is 5.32 Å². The maximum atomic E-state index is 12.2. The molecule has 1 aromatic rings. The second-order valence-corrected chi connectivity index (χ2v) is 6.09. The molecule has 0 atom stereocenters. The van der Waals surface area contributed by atoms with Crippen LogP contribution in [0, 0.1) is 0 Å². The molecule has 5 heteroatoms. The van der Waals surface area contributed by atoms with Gasteiger partial charge in [0, 0.05) is 11.7 Å². The van der Waals surface area contributed by atoms with E-state index in [2.05, 4.69) is 10.6 Å². The molecule has 0 aromatic heterocycles. The minimum atomic E-state index is -0.619. The highest BCUT2D eigenvalue weighted by atomic mass is 16.3. The van der Waals surface area contributed by atoms with Crippen LogP contribution in [-0.2, 0) is 22.4 Å². The van der Waals surface area contributed by atoms with E-state index in [1.807, 2.05) is 32.0 Å². The molecule has 1 aliphatic carbocycles. The summed E-state index contributed by atoms with van der Waals surface area (Å²) >= 11 is 0. The van der Waals surface area contributed by atoms with Crippen LogP contribution in [0.4, 0.5) is 5.69 Å². The fraction of sp³-hybridized carbons (Fsp3) is 0.556. The third kappa shape index (κ3) is 4.55. The van der Waals surface area contributed by atoms with Crippen molar-refractivity contribution >= 4 is 17.5 Å². The Kier molecular flexibility index (Phi) is 6.16. The molecular formula is C18H26N2O3. The molecule has 1 aromatic carbocycles. The highest BCUT2D eigenvalue weighted by Gasteiger charge is 2.24. The molecule has 0 spiro atoms. The number of aliphatic hydroxyl groups excluding tert-OH is 1. The molecule has 0 unspecified atom stereocenters. The topological polar surface area (TPSA) is 78.4 Å². The van der Waals surface area contributed by atoms with Gasteiger partial charge in [-0.25, -0.2) is 0 Å². The van der Waals surface area contributed by atoms with Gasteiger partial charge >= 0.3 is 11.8 Å². The Bertz CT molecular complexity index is 541. The molecule has 126 valence electrons. The van der Waals surface area contributed by atoms with Crippen LogP contribution in [0.2, 0.25) is 0 Å². The summed E-state index contributed by atoms with van der Waals surface area (Å²) in [6.07, 6.45) is 4.09. The van der Waals surface area contributed by atoms with Gasteiger partial charge in [0.05, 0.1) is 6.10 Å². The number of anilines is 1. The second kappa shape index (κ2) is 8.11. The van der Waals surface area contributed by atoms with Gasteiger partial charge in [-0.05, 0) is 49.7 Å². The number of nitrogens with one attached hydrogen (secondary N) is 2. The Labute approximate surface area is 137 Å². The second-order valence-electron chi connectivity index (χ2n) is 6.09. The molecule has 1 aliphatic rings. The number of amides is 2. The predicted molar refractivity (Wildman–Crippen MR) is 90.2 cm³/mol. The van der Waals surface area contributed by atoms with E-state index in [1.54, 1.807) is 0 Å². The van der Waals surface area contributed by atoms with Crippen molar-refractivity contribution in [2.45, 2.75) is 64.5 Å². The maximum absolute atomic E-state index is 12.2. The zero-order chi connectivity index (χ0) is 16.8. The summed E-state index contributed by atoms with van der Waals surface area (Å²) < 4.78 is 0. The lowest BCUT2D eigenvalue weighted by molar-refractivity contribution is -0.136. The van der Waals surface area contributed by atoms with Gasteiger partial charge in [0.1, 0.15) is 0 Å². The van der Waals surface area contributed by atoms with E-state index in [-0.39, 0.29) is 12.1 Å². The molecule has 0 heterocycles. The molecule has 1 fully saturated rings. The Morgan fingerprint density at radius 1 is 1.04 bits per heavy atom. The zero-order valence-electron chi connectivity index (χ0n) is 13.9. The van der Waals surface area contributed by atoms with Crippen LogP contribution in [0.15, 0.2) is 18.2 Å². The van der Waals surface area contributed by atoms with Crippen molar-refractivity contribution < 1.29 is 14.7 Å². The van der Waals surface area contributed by atoms with Gasteiger partial charge in [0.15, 0.2) is 0 Å². The molecule has 2 rings (SSSR count). The van der Waals surface area contributed by atoms with E-state index in [4.69, 9.17) is 0 Å². The summed E-state index contributed by atoms with van der Waals surface area (Å²) in [4.78, 5) is 24.3. The molecule has 3 N–H and O–H groups in total. The van der Waals surface area contributed by atoms with Gasteiger partial charge in [-0.2, -0.15) is 0 Å². The number of aryl methyl sites for hydroxylation is 2. The number of hydrogen-bond donors (Lipinski definition) is 3. The average Bonchev–Trinajstić information content (AvgIpc) is 2.56. The van der Waals surface area contributed by atoms with Crippen LogP contribution in [0.1, 0.15) is 50.7 Å². The lowest BCUT2D eigenvalue weighted by atomic mass is 9.93. The van der Waals surface area contributed by atoms with Gasteiger partial charge < -0.3 is 15.7 Å². The van der Waals surface area contributed by atoms with E-state index >= 15 is 0 Å². The maximum Gasteiger partial charge on any atom is 0.313 e. The highest BCUT2D eigenvalue weighted by Crippen LogP contribution is 2.23. The number of hydrogen-bond acceptors (Lipinski definition) is 3. The average molecular weight is 318 g/mol. The van der Waals surface area contributed by atoms with Crippen LogP contribution < -0.4 is 10.6 Å². The summed E-state index contributed by atoms with van der Waals surface area (Å²) in [6.45, 7) is 4.05. The van der Waals surface area contributed by atoms with E-state index in [0.717, 1.165) is 29.7 Å². The normalized spacial score (nSPS) is 20.8. The van der Waals surface area contributed by atoms with Crippen LogP contribution in [0.25, 0.3) is 0 Å². The smallest absolute Gasteiger partial charge is 0.313 e. The van der Waals surface area contributed by atoms with Gasteiger partial charge in [-0.15, -0.1) is 0 Å². The third-order valence-corrected chi connectivity index (χ3v) is 4.48. The molecule has 2 amide bonds.